The summed E-state index contributed by atoms with van der Waals surface area (Å²) >= 11 is 5.70. The summed E-state index contributed by atoms with van der Waals surface area (Å²) in [6, 6.07) is 7.19. The Morgan fingerprint density at radius 1 is 1.31 bits per heavy atom. The molecule has 13 heavy (non-hydrogen) atoms. The second kappa shape index (κ2) is 5.80. The lowest BCUT2D eigenvalue weighted by Crippen LogP contribution is -2.12. The normalized spacial score (nSPS) is 10.0. The van der Waals surface area contributed by atoms with Crippen molar-refractivity contribution in [2.24, 2.45) is 0 Å². The SMILES string of the molecule is ONCCCOc1ccc(Cl)cc1. The van der Waals surface area contributed by atoms with Gasteiger partial charge in [0.05, 0.1) is 6.61 Å². The van der Waals surface area contributed by atoms with Crippen LogP contribution in [-0.2, 0) is 0 Å². The maximum absolute atomic E-state index is 8.28. The van der Waals surface area contributed by atoms with Gasteiger partial charge in [-0.05, 0) is 30.7 Å². The standard InChI is InChI=1S/C9H12ClNO2/c10-8-2-4-9(5-3-8)13-7-1-6-11-12/h2-5,11-12H,1,6-7H2. The Bertz CT molecular complexity index is 238. The maximum Gasteiger partial charge on any atom is 0.119 e. The van der Waals surface area contributed by atoms with Crippen LogP contribution in [0.1, 0.15) is 6.42 Å². The Hall–Kier alpha value is -0.770. The van der Waals surface area contributed by atoms with Gasteiger partial charge in [0, 0.05) is 11.6 Å². The van der Waals surface area contributed by atoms with Gasteiger partial charge >= 0.3 is 0 Å². The van der Waals surface area contributed by atoms with Crippen LogP contribution in [0.25, 0.3) is 0 Å². The van der Waals surface area contributed by atoms with Gasteiger partial charge in [0.2, 0.25) is 0 Å². The highest BCUT2D eigenvalue weighted by Crippen LogP contribution is 2.15. The predicted molar refractivity (Wildman–Crippen MR) is 51.4 cm³/mol. The number of hydrogen-bond acceptors (Lipinski definition) is 3. The molecule has 0 atom stereocenters. The lowest BCUT2D eigenvalue weighted by atomic mass is 10.3. The molecule has 0 heterocycles. The number of hydroxylamine groups is 1. The molecule has 0 aliphatic heterocycles. The molecule has 1 aromatic rings. The van der Waals surface area contributed by atoms with E-state index in [4.69, 9.17) is 21.5 Å². The second-order valence-corrected chi connectivity index (χ2v) is 3.00. The molecular weight excluding hydrogens is 190 g/mol. The third-order valence-corrected chi connectivity index (χ3v) is 1.77. The minimum absolute atomic E-state index is 0.535. The molecule has 1 rings (SSSR count). The van der Waals surface area contributed by atoms with Crippen LogP contribution < -0.4 is 10.2 Å². The minimum atomic E-state index is 0.535. The van der Waals surface area contributed by atoms with E-state index in [-0.39, 0.29) is 0 Å². The van der Waals surface area contributed by atoms with E-state index in [2.05, 4.69) is 5.48 Å². The van der Waals surface area contributed by atoms with Gasteiger partial charge in [-0.25, -0.2) is 5.48 Å². The zero-order valence-corrected chi connectivity index (χ0v) is 7.92. The van der Waals surface area contributed by atoms with Crippen LogP contribution in [0.2, 0.25) is 5.02 Å². The van der Waals surface area contributed by atoms with Crippen LogP contribution in [0.15, 0.2) is 24.3 Å². The first kappa shape index (κ1) is 10.3. The first-order valence-corrected chi connectivity index (χ1v) is 4.46. The quantitative estimate of drug-likeness (QED) is 0.566. The maximum atomic E-state index is 8.28. The van der Waals surface area contributed by atoms with Gasteiger partial charge < -0.3 is 9.94 Å². The van der Waals surface area contributed by atoms with Gasteiger partial charge in [-0.3, -0.25) is 0 Å². The highest BCUT2D eigenvalue weighted by Gasteiger charge is 1.92. The number of halogens is 1. The Morgan fingerprint density at radius 3 is 2.62 bits per heavy atom. The summed E-state index contributed by atoms with van der Waals surface area (Å²) < 4.78 is 5.35. The van der Waals surface area contributed by atoms with Gasteiger partial charge in [0.25, 0.3) is 0 Å². The monoisotopic (exact) mass is 201 g/mol. The van der Waals surface area contributed by atoms with Crippen LogP contribution in [0.3, 0.4) is 0 Å². The summed E-state index contributed by atoms with van der Waals surface area (Å²) in [5.74, 6) is 0.794. The average molecular weight is 202 g/mol. The van der Waals surface area contributed by atoms with Crippen molar-refractivity contribution in [3.05, 3.63) is 29.3 Å². The molecular formula is C9H12ClNO2. The van der Waals surface area contributed by atoms with Crippen LogP contribution in [0.4, 0.5) is 0 Å². The number of hydrogen-bond donors (Lipinski definition) is 2. The van der Waals surface area contributed by atoms with E-state index in [1.54, 1.807) is 12.1 Å². The average Bonchev–Trinajstić information content (AvgIpc) is 2.15. The summed E-state index contributed by atoms with van der Waals surface area (Å²) in [6.45, 7) is 1.11. The number of nitrogens with one attached hydrogen (secondary N) is 1. The van der Waals surface area contributed by atoms with Crippen molar-refractivity contribution in [3.8, 4) is 5.75 Å². The Kier molecular flexibility index (Phi) is 4.60. The highest BCUT2D eigenvalue weighted by molar-refractivity contribution is 6.30. The first-order chi connectivity index (χ1) is 6.33. The van der Waals surface area contributed by atoms with Crippen LogP contribution >= 0.6 is 11.6 Å². The molecule has 2 N–H and O–H groups in total. The molecule has 0 spiro atoms. The molecule has 0 saturated carbocycles. The molecule has 0 aromatic heterocycles. The van der Waals surface area contributed by atoms with E-state index < -0.39 is 0 Å². The Labute approximate surface area is 82.2 Å². The number of rotatable bonds is 5. The van der Waals surface area contributed by atoms with Crippen molar-refractivity contribution in [2.75, 3.05) is 13.2 Å². The molecule has 0 aliphatic rings. The van der Waals surface area contributed by atoms with E-state index in [0.29, 0.717) is 18.2 Å². The second-order valence-electron chi connectivity index (χ2n) is 2.56. The Morgan fingerprint density at radius 2 is 2.00 bits per heavy atom. The lowest BCUT2D eigenvalue weighted by molar-refractivity contribution is 0.157. The van der Waals surface area contributed by atoms with Crippen molar-refractivity contribution >= 4 is 11.6 Å². The van der Waals surface area contributed by atoms with Crippen molar-refractivity contribution in [3.63, 3.8) is 0 Å². The van der Waals surface area contributed by atoms with Gasteiger partial charge in [0.15, 0.2) is 0 Å². The molecule has 0 saturated heterocycles. The molecule has 3 nitrogen and oxygen atoms in total. The van der Waals surface area contributed by atoms with Gasteiger partial charge in [-0.1, -0.05) is 11.6 Å². The molecule has 0 radical (unpaired) electrons. The highest BCUT2D eigenvalue weighted by atomic mass is 35.5. The summed E-state index contributed by atoms with van der Waals surface area (Å²) in [7, 11) is 0. The fourth-order valence-electron chi connectivity index (χ4n) is 0.872. The Balaban J connectivity index is 2.25. The van der Waals surface area contributed by atoms with E-state index in [0.717, 1.165) is 12.2 Å². The molecule has 1 aromatic carbocycles. The summed E-state index contributed by atoms with van der Waals surface area (Å²) in [6.07, 6.45) is 0.763. The van der Waals surface area contributed by atoms with E-state index in [9.17, 15) is 0 Å². The summed E-state index contributed by atoms with van der Waals surface area (Å²) in [4.78, 5) is 0. The molecule has 0 unspecified atom stereocenters. The molecule has 0 aliphatic carbocycles. The predicted octanol–water partition coefficient (Wildman–Crippen LogP) is 2.09. The van der Waals surface area contributed by atoms with Crippen molar-refractivity contribution in [2.45, 2.75) is 6.42 Å². The number of ether oxygens (including phenoxy) is 1. The third-order valence-electron chi connectivity index (χ3n) is 1.52. The largest absolute Gasteiger partial charge is 0.494 e. The van der Waals surface area contributed by atoms with Crippen molar-refractivity contribution in [1.29, 1.82) is 0 Å². The zero-order chi connectivity index (χ0) is 9.52. The van der Waals surface area contributed by atoms with Crippen LogP contribution in [0.5, 0.6) is 5.75 Å². The van der Waals surface area contributed by atoms with Crippen molar-refractivity contribution in [1.82, 2.24) is 5.48 Å². The minimum Gasteiger partial charge on any atom is -0.494 e. The van der Waals surface area contributed by atoms with Gasteiger partial charge in [-0.2, -0.15) is 0 Å². The van der Waals surface area contributed by atoms with Crippen LogP contribution in [0, 0.1) is 0 Å². The molecule has 0 amide bonds. The topological polar surface area (TPSA) is 41.5 Å². The van der Waals surface area contributed by atoms with E-state index in [1.807, 2.05) is 12.1 Å². The molecule has 0 fully saturated rings. The molecule has 0 bridgehead atoms. The summed E-state index contributed by atoms with van der Waals surface area (Å²) in [5, 5.41) is 8.98. The van der Waals surface area contributed by atoms with Crippen molar-refractivity contribution < 1.29 is 9.94 Å². The fourth-order valence-corrected chi connectivity index (χ4v) is 0.998. The van der Waals surface area contributed by atoms with E-state index >= 15 is 0 Å². The molecule has 72 valence electrons. The smallest absolute Gasteiger partial charge is 0.119 e. The van der Waals surface area contributed by atoms with Crippen LogP contribution in [-0.4, -0.2) is 18.4 Å². The van der Waals surface area contributed by atoms with E-state index in [1.165, 1.54) is 0 Å². The third kappa shape index (κ3) is 4.12. The lowest BCUT2D eigenvalue weighted by Gasteiger charge is -2.04. The number of benzene rings is 1. The van der Waals surface area contributed by atoms with Gasteiger partial charge in [-0.15, -0.1) is 0 Å². The fraction of sp³-hybridized carbons (Fsp3) is 0.333. The van der Waals surface area contributed by atoms with Gasteiger partial charge in [0.1, 0.15) is 5.75 Å². The zero-order valence-electron chi connectivity index (χ0n) is 7.16. The summed E-state index contributed by atoms with van der Waals surface area (Å²) in [5.41, 5.74) is 2.06. The molecule has 4 heteroatoms. The first-order valence-electron chi connectivity index (χ1n) is 4.08.